The van der Waals surface area contributed by atoms with Crippen molar-refractivity contribution in [3.63, 3.8) is 0 Å². The molecular weight excluding hydrogens is 283 g/mol. The SMILES string of the molecule is C[C@H](Oc1ccc(Cl)cc1)C(=O)c1cccc(Cl)c1. The molecule has 2 rings (SSSR count). The van der Waals surface area contributed by atoms with Gasteiger partial charge >= 0.3 is 0 Å². The average Bonchev–Trinajstić information content (AvgIpc) is 2.40. The molecule has 2 nitrogen and oxygen atoms in total. The largest absolute Gasteiger partial charge is 0.483 e. The Bertz CT molecular complexity index is 579. The van der Waals surface area contributed by atoms with Gasteiger partial charge in [-0.25, -0.2) is 0 Å². The van der Waals surface area contributed by atoms with E-state index in [2.05, 4.69) is 0 Å². The van der Waals surface area contributed by atoms with Crippen molar-refractivity contribution in [2.24, 2.45) is 0 Å². The highest BCUT2D eigenvalue weighted by molar-refractivity contribution is 6.31. The fraction of sp³-hybridized carbons (Fsp3) is 0.133. The summed E-state index contributed by atoms with van der Waals surface area (Å²) in [5.74, 6) is 0.490. The lowest BCUT2D eigenvalue weighted by molar-refractivity contribution is 0.0818. The van der Waals surface area contributed by atoms with E-state index in [-0.39, 0.29) is 5.78 Å². The third kappa shape index (κ3) is 3.72. The van der Waals surface area contributed by atoms with E-state index in [0.717, 1.165) is 0 Å². The predicted molar refractivity (Wildman–Crippen MR) is 77.3 cm³/mol. The monoisotopic (exact) mass is 294 g/mol. The molecule has 1 atom stereocenters. The van der Waals surface area contributed by atoms with Crippen LogP contribution in [0.2, 0.25) is 10.0 Å². The minimum Gasteiger partial charge on any atom is -0.483 e. The first-order valence-electron chi connectivity index (χ1n) is 5.78. The minimum atomic E-state index is -0.584. The number of carbonyl (C=O) groups is 1. The average molecular weight is 295 g/mol. The number of Topliss-reactive ketones (excluding diaryl/α,β-unsaturated/α-hetero) is 1. The highest BCUT2D eigenvalue weighted by Crippen LogP contribution is 2.19. The smallest absolute Gasteiger partial charge is 0.203 e. The number of rotatable bonds is 4. The summed E-state index contributed by atoms with van der Waals surface area (Å²) < 4.78 is 5.57. The second kappa shape index (κ2) is 6.09. The van der Waals surface area contributed by atoms with Crippen LogP contribution in [0, 0.1) is 0 Å². The number of benzene rings is 2. The normalized spacial score (nSPS) is 11.9. The van der Waals surface area contributed by atoms with Gasteiger partial charge in [-0.3, -0.25) is 4.79 Å². The number of hydrogen-bond acceptors (Lipinski definition) is 2. The van der Waals surface area contributed by atoms with Crippen LogP contribution in [0.25, 0.3) is 0 Å². The van der Waals surface area contributed by atoms with E-state index in [4.69, 9.17) is 27.9 Å². The second-order valence-electron chi connectivity index (χ2n) is 4.09. The van der Waals surface area contributed by atoms with E-state index in [1.54, 1.807) is 55.5 Å². The highest BCUT2D eigenvalue weighted by Gasteiger charge is 2.17. The van der Waals surface area contributed by atoms with Gasteiger partial charge in [0.25, 0.3) is 0 Å². The molecule has 2 aromatic carbocycles. The van der Waals surface area contributed by atoms with Crippen molar-refractivity contribution in [3.8, 4) is 5.75 Å². The van der Waals surface area contributed by atoms with Crippen molar-refractivity contribution in [2.75, 3.05) is 0 Å². The molecule has 98 valence electrons. The number of halogens is 2. The van der Waals surface area contributed by atoms with E-state index < -0.39 is 6.10 Å². The van der Waals surface area contributed by atoms with Crippen molar-refractivity contribution in [1.82, 2.24) is 0 Å². The first kappa shape index (κ1) is 13.9. The van der Waals surface area contributed by atoms with E-state index in [0.29, 0.717) is 21.4 Å². The van der Waals surface area contributed by atoms with E-state index >= 15 is 0 Å². The lowest BCUT2D eigenvalue weighted by Crippen LogP contribution is -2.23. The molecule has 0 aromatic heterocycles. The molecule has 0 bridgehead atoms. The zero-order valence-electron chi connectivity index (χ0n) is 10.3. The third-order valence-electron chi connectivity index (χ3n) is 2.60. The molecule has 0 amide bonds. The maximum atomic E-state index is 12.2. The van der Waals surface area contributed by atoms with Gasteiger partial charge in [0, 0.05) is 15.6 Å². The van der Waals surface area contributed by atoms with Crippen LogP contribution >= 0.6 is 23.2 Å². The molecule has 0 fully saturated rings. The lowest BCUT2D eigenvalue weighted by Gasteiger charge is -2.13. The molecule has 0 aliphatic rings. The Morgan fingerprint density at radius 1 is 1.05 bits per heavy atom. The molecule has 0 unspecified atom stereocenters. The summed E-state index contributed by atoms with van der Waals surface area (Å²) in [6.45, 7) is 1.71. The van der Waals surface area contributed by atoms with Crippen molar-refractivity contribution in [2.45, 2.75) is 13.0 Å². The van der Waals surface area contributed by atoms with Crippen molar-refractivity contribution < 1.29 is 9.53 Å². The Morgan fingerprint density at radius 2 is 1.74 bits per heavy atom. The summed E-state index contributed by atoms with van der Waals surface area (Å²) in [4.78, 5) is 12.2. The zero-order valence-corrected chi connectivity index (χ0v) is 11.8. The Morgan fingerprint density at radius 3 is 2.37 bits per heavy atom. The van der Waals surface area contributed by atoms with Crippen LogP contribution in [0.3, 0.4) is 0 Å². The Labute approximate surface area is 121 Å². The third-order valence-corrected chi connectivity index (χ3v) is 3.09. The number of ether oxygens (including phenoxy) is 1. The summed E-state index contributed by atoms with van der Waals surface area (Å²) in [6.07, 6.45) is -0.584. The summed E-state index contributed by atoms with van der Waals surface area (Å²) in [7, 11) is 0. The van der Waals surface area contributed by atoms with Gasteiger partial charge in [-0.1, -0.05) is 35.3 Å². The zero-order chi connectivity index (χ0) is 13.8. The van der Waals surface area contributed by atoms with Gasteiger partial charge in [-0.15, -0.1) is 0 Å². The van der Waals surface area contributed by atoms with Crippen LogP contribution in [0.1, 0.15) is 17.3 Å². The van der Waals surface area contributed by atoms with Gasteiger partial charge in [-0.2, -0.15) is 0 Å². The topological polar surface area (TPSA) is 26.3 Å². The minimum absolute atomic E-state index is 0.113. The highest BCUT2D eigenvalue weighted by atomic mass is 35.5. The predicted octanol–water partition coefficient (Wildman–Crippen LogP) is 4.64. The Hall–Kier alpha value is -1.51. The summed E-state index contributed by atoms with van der Waals surface area (Å²) in [6, 6.07) is 13.7. The molecule has 4 heteroatoms. The lowest BCUT2D eigenvalue weighted by atomic mass is 10.1. The maximum absolute atomic E-state index is 12.2. The van der Waals surface area contributed by atoms with Crippen LogP contribution < -0.4 is 4.74 Å². The summed E-state index contributed by atoms with van der Waals surface area (Å²) >= 11 is 11.7. The first-order valence-corrected chi connectivity index (χ1v) is 6.54. The van der Waals surface area contributed by atoms with Gasteiger partial charge < -0.3 is 4.74 Å². The molecule has 0 aliphatic carbocycles. The van der Waals surface area contributed by atoms with Crippen LogP contribution in [0.15, 0.2) is 48.5 Å². The molecular formula is C15H12Cl2O2. The van der Waals surface area contributed by atoms with Crippen molar-refractivity contribution >= 4 is 29.0 Å². The number of hydrogen-bond donors (Lipinski definition) is 0. The fourth-order valence-corrected chi connectivity index (χ4v) is 1.96. The van der Waals surface area contributed by atoms with E-state index in [1.165, 1.54) is 0 Å². The molecule has 0 aliphatic heterocycles. The first-order chi connectivity index (χ1) is 9.06. The summed E-state index contributed by atoms with van der Waals surface area (Å²) in [5.41, 5.74) is 0.536. The van der Waals surface area contributed by atoms with Gasteiger partial charge in [-0.05, 0) is 43.3 Å². The van der Waals surface area contributed by atoms with Gasteiger partial charge in [0.05, 0.1) is 0 Å². The maximum Gasteiger partial charge on any atom is 0.203 e. The van der Waals surface area contributed by atoms with Crippen LogP contribution in [-0.2, 0) is 0 Å². The van der Waals surface area contributed by atoms with Crippen LogP contribution in [0.5, 0.6) is 5.75 Å². The second-order valence-corrected chi connectivity index (χ2v) is 4.96. The molecule has 19 heavy (non-hydrogen) atoms. The van der Waals surface area contributed by atoms with Crippen molar-refractivity contribution in [1.29, 1.82) is 0 Å². The van der Waals surface area contributed by atoms with Gasteiger partial charge in [0.15, 0.2) is 6.10 Å². The Kier molecular flexibility index (Phi) is 4.46. The molecule has 0 radical (unpaired) electrons. The van der Waals surface area contributed by atoms with Gasteiger partial charge in [0.2, 0.25) is 5.78 Å². The fourth-order valence-electron chi connectivity index (χ4n) is 1.65. The molecule has 0 N–H and O–H groups in total. The molecule has 0 heterocycles. The number of carbonyl (C=O) groups excluding carboxylic acids is 1. The summed E-state index contributed by atoms with van der Waals surface area (Å²) in [5, 5.41) is 1.16. The quantitative estimate of drug-likeness (QED) is 0.768. The van der Waals surface area contributed by atoms with Gasteiger partial charge in [0.1, 0.15) is 5.75 Å². The van der Waals surface area contributed by atoms with E-state index in [1.807, 2.05) is 0 Å². The van der Waals surface area contributed by atoms with Crippen LogP contribution in [0.4, 0.5) is 0 Å². The number of ketones is 1. The molecule has 0 saturated heterocycles. The molecule has 0 saturated carbocycles. The van der Waals surface area contributed by atoms with Crippen LogP contribution in [-0.4, -0.2) is 11.9 Å². The van der Waals surface area contributed by atoms with E-state index in [9.17, 15) is 4.79 Å². The standard InChI is InChI=1S/C15H12Cl2O2/c1-10(19-14-7-5-12(16)6-8-14)15(18)11-3-2-4-13(17)9-11/h2-10H,1H3/t10-/m0/s1. The molecule has 2 aromatic rings. The molecule has 0 spiro atoms. The Balaban J connectivity index is 2.09. The van der Waals surface area contributed by atoms with Crippen molar-refractivity contribution in [3.05, 3.63) is 64.1 Å².